The van der Waals surface area contributed by atoms with Crippen LogP contribution in [-0.4, -0.2) is 27.1 Å². The zero-order chi connectivity index (χ0) is 15.2. The molecule has 2 heterocycles. The number of nitrogens with two attached hydrogens (primary N) is 1. The van der Waals surface area contributed by atoms with Crippen LogP contribution in [0.4, 0.5) is 5.82 Å². The second-order valence-electron chi connectivity index (χ2n) is 4.73. The van der Waals surface area contributed by atoms with Gasteiger partial charge in [-0.15, -0.1) is 0 Å². The van der Waals surface area contributed by atoms with Crippen molar-refractivity contribution in [2.45, 2.75) is 32.7 Å². The predicted octanol–water partition coefficient (Wildman–Crippen LogP) is 1.77. The van der Waals surface area contributed by atoms with E-state index in [4.69, 9.17) is 10.5 Å². The lowest BCUT2D eigenvalue weighted by Crippen LogP contribution is -2.19. The van der Waals surface area contributed by atoms with Gasteiger partial charge in [-0.2, -0.15) is 0 Å². The highest BCUT2D eigenvalue weighted by molar-refractivity contribution is 5.77. The number of hydrogen-bond acceptors (Lipinski definition) is 5. The van der Waals surface area contributed by atoms with Crippen molar-refractivity contribution in [3.8, 4) is 0 Å². The number of pyridine rings is 1. The van der Waals surface area contributed by atoms with Gasteiger partial charge in [0.2, 0.25) is 0 Å². The van der Waals surface area contributed by atoms with E-state index in [-0.39, 0.29) is 5.97 Å². The van der Waals surface area contributed by atoms with Crippen LogP contribution in [0.2, 0.25) is 0 Å². The van der Waals surface area contributed by atoms with Crippen molar-refractivity contribution in [2.24, 2.45) is 0 Å². The van der Waals surface area contributed by atoms with Gasteiger partial charge in [0.05, 0.1) is 18.6 Å². The van der Waals surface area contributed by atoms with Gasteiger partial charge < -0.3 is 15.0 Å². The molecule has 2 rings (SSSR count). The first-order chi connectivity index (χ1) is 10.1. The number of aromatic nitrogens is 3. The van der Waals surface area contributed by atoms with Crippen molar-refractivity contribution < 1.29 is 9.53 Å². The molecule has 6 heteroatoms. The molecule has 0 spiro atoms. The maximum absolute atomic E-state index is 12.2. The molecule has 0 amide bonds. The van der Waals surface area contributed by atoms with Crippen LogP contribution in [0.15, 0.2) is 30.9 Å². The second kappa shape index (κ2) is 6.88. The Hall–Kier alpha value is -2.37. The first-order valence-electron chi connectivity index (χ1n) is 7.02. The molecular formula is C15H20N4O2. The van der Waals surface area contributed by atoms with Gasteiger partial charge in [-0.25, -0.2) is 9.97 Å². The summed E-state index contributed by atoms with van der Waals surface area (Å²) in [6, 6.07) is 3.59. The number of carbonyl (C=O) groups is 1. The molecule has 0 aliphatic carbocycles. The van der Waals surface area contributed by atoms with E-state index in [0.717, 1.165) is 12.1 Å². The maximum Gasteiger partial charge on any atom is 0.315 e. The minimum Gasteiger partial charge on any atom is -0.465 e. The molecule has 0 saturated heterocycles. The minimum absolute atomic E-state index is 0.268. The summed E-state index contributed by atoms with van der Waals surface area (Å²) in [5.74, 6) is -0.236. The summed E-state index contributed by atoms with van der Waals surface area (Å²) in [5, 5.41) is 0. The summed E-state index contributed by atoms with van der Waals surface area (Å²) in [5.41, 5.74) is 7.22. The SMILES string of the molecule is CCOC(=O)C(Cc1ccc(N)nc1)c1cn(CC)cn1. The Labute approximate surface area is 124 Å². The van der Waals surface area contributed by atoms with E-state index in [1.807, 2.05) is 23.8 Å². The zero-order valence-corrected chi connectivity index (χ0v) is 12.3. The van der Waals surface area contributed by atoms with Crippen LogP contribution in [-0.2, 0) is 22.5 Å². The van der Waals surface area contributed by atoms with Crippen molar-refractivity contribution in [3.63, 3.8) is 0 Å². The monoisotopic (exact) mass is 288 g/mol. The molecule has 0 aliphatic heterocycles. The Morgan fingerprint density at radius 2 is 2.19 bits per heavy atom. The van der Waals surface area contributed by atoms with Crippen LogP contribution in [0.25, 0.3) is 0 Å². The zero-order valence-electron chi connectivity index (χ0n) is 12.3. The van der Waals surface area contributed by atoms with Crippen LogP contribution in [0.3, 0.4) is 0 Å². The number of carbonyl (C=O) groups excluding carboxylic acids is 1. The van der Waals surface area contributed by atoms with Crippen LogP contribution < -0.4 is 5.73 Å². The lowest BCUT2D eigenvalue weighted by Gasteiger charge is -2.13. The van der Waals surface area contributed by atoms with Gasteiger partial charge in [-0.1, -0.05) is 6.07 Å². The highest BCUT2D eigenvalue weighted by atomic mass is 16.5. The van der Waals surface area contributed by atoms with Gasteiger partial charge in [0.1, 0.15) is 11.7 Å². The molecule has 1 atom stereocenters. The lowest BCUT2D eigenvalue weighted by molar-refractivity contribution is -0.145. The molecule has 0 aromatic carbocycles. The topological polar surface area (TPSA) is 83.0 Å². The largest absolute Gasteiger partial charge is 0.465 e. The summed E-state index contributed by atoms with van der Waals surface area (Å²) >= 11 is 0. The molecule has 2 N–H and O–H groups in total. The number of rotatable bonds is 6. The van der Waals surface area contributed by atoms with Crippen LogP contribution in [0, 0.1) is 0 Å². The Balaban J connectivity index is 2.23. The van der Waals surface area contributed by atoms with Crippen molar-refractivity contribution in [2.75, 3.05) is 12.3 Å². The number of ether oxygens (including phenoxy) is 1. The number of nitrogen functional groups attached to an aromatic ring is 1. The smallest absolute Gasteiger partial charge is 0.315 e. The number of aryl methyl sites for hydroxylation is 1. The Morgan fingerprint density at radius 3 is 2.76 bits per heavy atom. The average molecular weight is 288 g/mol. The fourth-order valence-electron chi connectivity index (χ4n) is 2.07. The van der Waals surface area contributed by atoms with E-state index >= 15 is 0 Å². The number of nitrogens with zero attached hydrogens (tertiary/aromatic N) is 3. The molecule has 6 nitrogen and oxygen atoms in total. The third kappa shape index (κ3) is 3.81. The number of imidazole rings is 1. The minimum atomic E-state index is -0.428. The van der Waals surface area contributed by atoms with Gasteiger partial charge in [-0.05, 0) is 31.9 Å². The summed E-state index contributed by atoms with van der Waals surface area (Å²) in [7, 11) is 0. The van der Waals surface area contributed by atoms with Crippen molar-refractivity contribution >= 4 is 11.8 Å². The quantitative estimate of drug-likeness (QED) is 0.819. The van der Waals surface area contributed by atoms with E-state index in [9.17, 15) is 4.79 Å². The molecule has 0 bridgehead atoms. The van der Waals surface area contributed by atoms with E-state index in [1.54, 1.807) is 25.5 Å². The normalized spacial score (nSPS) is 12.1. The molecule has 0 saturated carbocycles. The number of anilines is 1. The average Bonchev–Trinajstić information content (AvgIpc) is 2.95. The van der Waals surface area contributed by atoms with Crippen LogP contribution in [0.5, 0.6) is 0 Å². The molecular weight excluding hydrogens is 268 g/mol. The van der Waals surface area contributed by atoms with E-state index in [2.05, 4.69) is 9.97 Å². The van der Waals surface area contributed by atoms with E-state index in [1.165, 1.54) is 0 Å². The lowest BCUT2D eigenvalue weighted by atomic mass is 9.97. The van der Waals surface area contributed by atoms with E-state index in [0.29, 0.717) is 24.5 Å². The molecule has 21 heavy (non-hydrogen) atoms. The molecule has 2 aromatic rings. The molecule has 112 valence electrons. The Kier molecular flexibility index (Phi) is 4.92. The molecule has 2 aromatic heterocycles. The van der Waals surface area contributed by atoms with Gasteiger partial charge in [0, 0.05) is 18.9 Å². The molecule has 0 aliphatic rings. The Morgan fingerprint density at radius 1 is 1.38 bits per heavy atom. The Bertz CT molecular complexity index is 592. The third-order valence-electron chi connectivity index (χ3n) is 3.23. The van der Waals surface area contributed by atoms with Gasteiger partial charge in [-0.3, -0.25) is 4.79 Å². The van der Waals surface area contributed by atoms with E-state index < -0.39 is 5.92 Å². The van der Waals surface area contributed by atoms with Crippen molar-refractivity contribution in [1.29, 1.82) is 0 Å². The van der Waals surface area contributed by atoms with Crippen LogP contribution in [0.1, 0.15) is 31.0 Å². The summed E-state index contributed by atoms with van der Waals surface area (Å²) < 4.78 is 7.10. The number of hydrogen-bond donors (Lipinski definition) is 1. The fourth-order valence-corrected chi connectivity index (χ4v) is 2.07. The van der Waals surface area contributed by atoms with Gasteiger partial charge in [0.15, 0.2) is 0 Å². The summed E-state index contributed by atoms with van der Waals surface area (Å²) in [6.07, 6.45) is 5.78. The van der Waals surface area contributed by atoms with Gasteiger partial charge in [0.25, 0.3) is 0 Å². The fraction of sp³-hybridized carbons (Fsp3) is 0.400. The standard InChI is InChI=1S/C15H20N4O2/c1-3-19-9-13(18-10-19)12(15(20)21-4-2)7-11-5-6-14(16)17-8-11/h5-6,8-10,12H,3-4,7H2,1-2H3,(H2,16,17). The first kappa shape index (κ1) is 15.0. The number of esters is 1. The highest BCUT2D eigenvalue weighted by Crippen LogP contribution is 2.21. The predicted molar refractivity (Wildman–Crippen MR) is 79.6 cm³/mol. The highest BCUT2D eigenvalue weighted by Gasteiger charge is 2.25. The van der Waals surface area contributed by atoms with Crippen LogP contribution >= 0.6 is 0 Å². The maximum atomic E-state index is 12.2. The second-order valence-corrected chi connectivity index (χ2v) is 4.73. The molecule has 1 unspecified atom stereocenters. The molecule has 0 radical (unpaired) electrons. The molecule has 0 fully saturated rings. The van der Waals surface area contributed by atoms with Crippen molar-refractivity contribution in [1.82, 2.24) is 14.5 Å². The summed E-state index contributed by atoms with van der Waals surface area (Å²) in [4.78, 5) is 20.6. The van der Waals surface area contributed by atoms with Crippen molar-refractivity contribution in [3.05, 3.63) is 42.1 Å². The third-order valence-corrected chi connectivity index (χ3v) is 3.23. The summed E-state index contributed by atoms with van der Waals surface area (Å²) in [6.45, 7) is 4.98. The first-order valence-corrected chi connectivity index (χ1v) is 7.02. The van der Waals surface area contributed by atoms with Gasteiger partial charge >= 0.3 is 5.97 Å².